The van der Waals surface area contributed by atoms with Gasteiger partial charge >= 0.3 is 0 Å². The maximum Gasteiger partial charge on any atom is 0.220 e. The first-order chi connectivity index (χ1) is 16.4. The number of unbranched alkanes of at least 4 members (excludes halogenated alkanes) is 2. The minimum Gasteiger partial charge on any atom is -0.497 e. The molecular formula is C29H40N2O3. The Morgan fingerprint density at radius 3 is 2.74 bits per heavy atom. The summed E-state index contributed by atoms with van der Waals surface area (Å²) in [7, 11) is 3.76. The van der Waals surface area contributed by atoms with E-state index in [-0.39, 0.29) is 17.4 Å². The molecule has 1 saturated heterocycles. The molecule has 34 heavy (non-hydrogen) atoms. The Hall–Kier alpha value is -2.37. The number of nitrogens with one attached hydrogen (secondary N) is 1. The van der Waals surface area contributed by atoms with Crippen LogP contribution in [-0.2, 0) is 16.6 Å². The van der Waals surface area contributed by atoms with Crippen LogP contribution in [0.2, 0.25) is 0 Å². The average Bonchev–Trinajstić information content (AvgIpc) is 2.84. The average molecular weight is 465 g/mol. The van der Waals surface area contributed by atoms with Gasteiger partial charge in [-0.05, 0) is 81.8 Å². The number of aryl methyl sites for hydroxylation is 1. The van der Waals surface area contributed by atoms with E-state index in [0.717, 1.165) is 62.8 Å². The number of ether oxygens (including phenoxy) is 1. The maximum atomic E-state index is 12.8. The number of carbonyl (C=O) groups is 1. The summed E-state index contributed by atoms with van der Waals surface area (Å²) in [5.74, 6) is 0.957. The minimum atomic E-state index is -0.801. The SMILES string of the molecule is COc1cccc(C23CCN(C)CC2(O)CCC(NC(=O)CCCCCc2ccccc2)C3)c1. The van der Waals surface area contributed by atoms with Crippen LogP contribution in [0, 0.1) is 0 Å². The second-order valence-electron chi connectivity index (χ2n) is 10.4. The first-order valence-corrected chi connectivity index (χ1v) is 12.8. The van der Waals surface area contributed by atoms with Crippen LogP contribution in [-0.4, -0.2) is 54.8 Å². The summed E-state index contributed by atoms with van der Waals surface area (Å²) >= 11 is 0. The number of β-amino-alcohol motifs (C(OH)–C–C–N with tert-alkyl or cyclic N) is 1. The molecule has 0 radical (unpaired) electrons. The Morgan fingerprint density at radius 1 is 1.12 bits per heavy atom. The number of hydrogen-bond donors (Lipinski definition) is 2. The summed E-state index contributed by atoms with van der Waals surface area (Å²) in [5.41, 5.74) is 1.32. The lowest BCUT2D eigenvalue weighted by Crippen LogP contribution is -2.66. The third kappa shape index (κ3) is 5.47. The number of benzene rings is 2. The largest absolute Gasteiger partial charge is 0.497 e. The monoisotopic (exact) mass is 464 g/mol. The number of rotatable bonds is 9. The molecule has 4 rings (SSSR count). The predicted molar refractivity (Wildman–Crippen MR) is 136 cm³/mol. The molecule has 1 heterocycles. The van der Waals surface area contributed by atoms with E-state index >= 15 is 0 Å². The lowest BCUT2D eigenvalue weighted by atomic mass is 9.55. The number of aliphatic hydroxyl groups is 1. The topological polar surface area (TPSA) is 61.8 Å². The van der Waals surface area contributed by atoms with Crippen molar-refractivity contribution >= 4 is 5.91 Å². The summed E-state index contributed by atoms with van der Waals surface area (Å²) in [6, 6.07) is 18.8. The van der Waals surface area contributed by atoms with Gasteiger partial charge in [-0.25, -0.2) is 0 Å². The Bertz CT molecular complexity index is 949. The van der Waals surface area contributed by atoms with Crippen LogP contribution >= 0.6 is 0 Å². The van der Waals surface area contributed by atoms with E-state index in [0.29, 0.717) is 19.4 Å². The maximum absolute atomic E-state index is 12.8. The highest BCUT2D eigenvalue weighted by atomic mass is 16.5. The van der Waals surface area contributed by atoms with Crippen molar-refractivity contribution in [1.82, 2.24) is 10.2 Å². The van der Waals surface area contributed by atoms with Crippen LogP contribution in [0.4, 0.5) is 0 Å². The molecule has 1 aliphatic carbocycles. The van der Waals surface area contributed by atoms with Gasteiger partial charge < -0.3 is 20.1 Å². The van der Waals surface area contributed by atoms with E-state index in [1.807, 2.05) is 18.2 Å². The molecule has 0 spiro atoms. The van der Waals surface area contributed by atoms with Crippen molar-refractivity contribution in [3.63, 3.8) is 0 Å². The number of likely N-dealkylation sites (N-methyl/N-ethyl adjacent to an activating group) is 1. The van der Waals surface area contributed by atoms with Gasteiger partial charge in [0, 0.05) is 24.4 Å². The zero-order valence-corrected chi connectivity index (χ0v) is 20.8. The van der Waals surface area contributed by atoms with Crippen molar-refractivity contribution in [2.75, 3.05) is 27.2 Å². The number of amides is 1. The molecule has 2 aromatic carbocycles. The van der Waals surface area contributed by atoms with E-state index in [2.05, 4.69) is 53.7 Å². The molecule has 1 aliphatic heterocycles. The molecule has 2 N–H and O–H groups in total. The van der Waals surface area contributed by atoms with E-state index in [1.165, 1.54) is 5.56 Å². The van der Waals surface area contributed by atoms with E-state index < -0.39 is 5.60 Å². The molecule has 2 fully saturated rings. The molecule has 0 aromatic heterocycles. The van der Waals surface area contributed by atoms with Crippen molar-refractivity contribution in [2.45, 2.75) is 74.8 Å². The fourth-order valence-electron chi connectivity index (χ4n) is 6.15. The molecule has 184 valence electrons. The van der Waals surface area contributed by atoms with E-state index in [4.69, 9.17) is 4.74 Å². The van der Waals surface area contributed by atoms with Crippen molar-refractivity contribution in [1.29, 1.82) is 0 Å². The van der Waals surface area contributed by atoms with Gasteiger partial charge in [0.25, 0.3) is 0 Å². The molecule has 3 unspecified atom stereocenters. The third-order valence-corrected chi connectivity index (χ3v) is 8.04. The van der Waals surface area contributed by atoms with Crippen LogP contribution < -0.4 is 10.1 Å². The van der Waals surface area contributed by atoms with Crippen molar-refractivity contribution in [2.24, 2.45) is 0 Å². The summed E-state index contributed by atoms with van der Waals surface area (Å²) < 4.78 is 5.50. The highest BCUT2D eigenvalue weighted by Gasteiger charge is 2.57. The fraction of sp³-hybridized carbons (Fsp3) is 0.552. The van der Waals surface area contributed by atoms with Gasteiger partial charge in [0.2, 0.25) is 5.91 Å². The standard InChI is InChI=1S/C29H40N2O3/c1-31-19-18-28(24-13-9-14-26(20-24)34-2)21-25(16-17-29(28,33)22-31)30-27(32)15-8-4-7-12-23-10-5-3-6-11-23/h3,5-6,9-11,13-14,20,25,33H,4,7-8,12,15-19,21-22H2,1-2H3,(H,30,32). The zero-order valence-electron chi connectivity index (χ0n) is 20.8. The molecule has 5 heteroatoms. The smallest absolute Gasteiger partial charge is 0.220 e. The van der Waals surface area contributed by atoms with E-state index in [1.54, 1.807) is 7.11 Å². The third-order valence-electron chi connectivity index (χ3n) is 8.04. The Labute approximate surface area is 204 Å². The Balaban J connectivity index is 1.36. The van der Waals surface area contributed by atoms with Crippen LogP contribution in [0.5, 0.6) is 5.75 Å². The quantitative estimate of drug-likeness (QED) is 0.538. The summed E-state index contributed by atoms with van der Waals surface area (Å²) in [6.07, 6.45) is 7.88. The number of hydrogen-bond acceptors (Lipinski definition) is 4. The molecule has 3 atom stereocenters. The highest BCUT2D eigenvalue weighted by Crippen LogP contribution is 2.51. The summed E-state index contributed by atoms with van der Waals surface area (Å²) in [4.78, 5) is 15.0. The molecule has 2 aromatic rings. The number of carbonyl (C=O) groups excluding carboxylic acids is 1. The van der Waals surface area contributed by atoms with Gasteiger partial charge in [-0.15, -0.1) is 0 Å². The second-order valence-corrected chi connectivity index (χ2v) is 10.4. The molecule has 5 nitrogen and oxygen atoms in total. The summed E-state index contributed by atoms with van der Waals surface area (Å²) in [5, 5.41) is 15.2. The normalized spacial score (nSPS) is 27.1. The van der Waals surface area contributed by atoms with Gasteiger partial charge in [0.15, 0.2) is 0 Å². The molecule has 1 saturated carbocycles. The van der Waals surface area contributed by atoms with Gasteiger partial charge in [-0.1, -0.05) is 48.9 Å². The Kier molecular flexibility index (Phi) is 7.95. The lowest BCUT2D eigenvalue weighted by molar-refractivity contribution is -0.131. The second kappa shape index (κ2) is 10.9. The molecule has 1 amide bonds. The van der Waals surface area contributed by atoms with Gasteiger partial charge in [0.1, 0.15) is 5.75 Å². The molecule has 2 aliphatic rings. The van der Waals surface area contributed by atoms with Crippen molar-refractivity contribution < 1.29 is 14.6 Å². The molecule has 0 bridgehead atoms. The van der Waals surface area contributed by atoms with Crippen LogP contribution in [0.3, 0.4) is 0 Å². The van der Waals surface area contributed by atoms with E-state index in [9.17, 15) is 9.90 Å². The predicted octanol–water partition coefficient (Wildman–Crippen LogP) is 4.47. The van der Waals surface area contributed by atoms with Crippen molar-refractivity contribution in [3.05, 3.63) is 65.7 Å². The number of fused-ring (bicyclic) bond motifs is 1. The van der Waals surface area contributed by atoms with Crippen LogP contribution in [0.15, 0.2) is 54.6 Å². The first-order valence-electron chi connectivity index (χ1n) is 12.8. The Morgan fingerprint density at radius 2 is 1.94 bits per heavy atom. The number of likely N-dealkylation sites (tertiary alicyclic amines) is 1. The highest BCUT2D eigenvalue weighted by molar-refractivity contribution is 5.76. The first kappa shape index (κ1) is 24.7. The van der Waals surface area contributed by atoms with Crippen molar-refractivity contribution in [3.8, 4) is 5.75 Å². The van der Waals surface area contributed by atoms with Gasteiger partial charge in [-0.3, -0.25) is 4.79 Å². The number of methoxy groups -OCH3 is 1. The summed E-state index contributed by atoms with van der Waals surface area (Å²) in [6.45, 7) is 1.59. The van der Waals surface area contributed by atoms with Crippen LogP contribution in [0.1, 0.15) is 62.5 Å². The number of piperidine rings is 1. The molecular weight excluding hydrogens is 424 g/mol. The lowest BCUT2D eigenvalue weighted by Gasteiger charge is -2.57. The number of nitrogens with zero attached hydrogens (tertiary/aromatic N) is 1. The zero-order chi connectivity index (χ0) is 24.0. The minimum absolute atomic E-state index is 0.0895. The van der Waals surface area contributed by atoms with Gasteiger partial charge in [0.05, 0.1) is 12.7 Å². The van der Waals surface area contributed by atoms with Crippen LogP contribution in [0.25, 0.3) is 0 Å². The fourth-order valence-corrected chi connectivity index (χ4v) is 6.15. The van der Waals surface area contributed by atoms with Gasteiger partial charge in [-0.2, -0.15) is 0 Å².